The predicted molar refractivity (Wildman–Crippen MR) is 213 cm³/mol. The molecule has 0 saturated heterocycles. The summed E-state index contributed by atoms with van der Waals surface area (Å²) in [6, 6.07) is 58.9. The number of nitrogens with zero attached hydrogens (tertiary/aromatic N) is 3. The van der Waals surface area contributed by atoms with E-state index in [-0.39, 0.29) is 5.92 Å². The molecule has 4 heteroatoms. The van der Waals surface area contributed by atoms with Crippen LogP contribution in [0.5, 0.6) is 0 Å². The third-order valence-corrected chi connectivity index (χ3v) is 10.0. The molecule has 0 radical (unpaired) electrons. The zero-order chi connectivity index (χ0) is 35.0. The van der Waals surface area contributed by atoms with E-state index in [0.717, 1.165) is 44.2 Å². The molecule has 0 saturated carbocycles. The van der Waals surface area contributed by atoms with Gasteiger partial charge in [0.25, 0.3) is 0 Å². The maximum atomic E-state index is 6.78. The zero-order valence-corrected chi connectivity index (χ0v) is 29.0. The highest BCUT2D eigenvalue weighted by Crippen LogP contribution is 2.42. The summed E-state index contributed by atoms with van der Waals surface area (Å²) in [5.74, 6) is 1.93. The largest absolute Gasteiger partial charge is 0.456 e. The minimum atomic E-state index is 0.0589. The fraction of sp³-hybridized carbons (Fsp3) is 0.0625. The second-order valence-corrected chi connectivity index (χ2v) is 13.2. The van der Waals surface area contributed by atoms with Crippen LogP contribution in [-0.2, 0) is 0 Å². The van der Waals surface area contributed by atoms with Crippen molar-refractivity contribution in [3.63, 3.8) is 0 Å². The first-order valence-electron chi connectivity index (χ1n) is 17.7. The lowest BCUT2D eigenvalue weighted by atomic mass is 9.85. The third kappa shape index (κ3) is 5.65. The molecule has 0 aliphatic carbocycles. The van der Waals surface area contributed by atoms with E-state index in [4.69, 9.17) is 19.4 Å². The van der Waals surface area contributed by atoms with Crippen LogP contribution in [0.2, 0.25) is 0 Å². The summed E-state index contributed by atoms with van der Waals surface area (Å²) in [6.45, 7) is 4.48. The molecule has 9 aromatic rings. The number of hydrogen-bond acceptors (Lipinski definition) is 4. The minimum absolute atomic E-state index is 0.0589. The van der Waals surface area contributed by atoms with Gasteiger partial charge in [-0.25, -0.2) is 15.0 Å². The van der Waals surface area contributed by atoms with Gasteiger partial charge in [0.2, 0.25) is 0 Å². The number of benzene rings is 7. The Morgan fingerprint density at radius 3 is 1.67 bits per heavy atom. The molecule has 0 bridgehead atoms. The SMILES string of the molecule is Cc1cc(-c2ccccc2)ccc1-c1ccccc1[C@@H](C)c1cccc2c1oc1cccc(-c3nc(-c4ccccc4)nc(-c4ccccc4)n3)c12. The number of rotatable bonds is 7. The van der Waals surface area contributed by atoms with Gasteiger partial charge < -0.3 is 4.42 Å². The van der Waals surface area contributed by atoms with E-state index in [1.54, 1.807) is 0 Å². The number of para-hydroxylation sites is 1. The van der Waals surface area contributed by atoms with Crippen molar-refractivity contribution in [2.75, 3.05) is 0 Å². The molecule has 0 spiro atoms. The molecule has 4 nitrogen and oxygen atoms in total. The van der Waals surface area contributed by atoms with Crippen LogP contribution in [-0.4, -0.2) is 15.0 Å². The maximum absolute atomic E-state index is 6.78. The number of fused-ring (bicyclic) bond motifs is 3. The molecule has 0 fully saturated rings. The summed E-state index contributed by atoms with van der Waals surface area (Å²) < 4.78 is 6.78. The highest BCUT2D eigenvalue weighted by Gasteiger charge is 2.23. The van der Waals surface area contributed by atoms with Crippen molar-refractivity contribution in [3.8, 4) is 56.4 Å². The molecule has 0 N–H and O–H groups in total. The smallest absolute Gasteiger partial charge is 0.164 e. The Balaban J connectivity index is 1.17. The summed E-state index contributed by atoms with van der Waals surface area (Å²) in [4.78, 5) is 15.0. The van der Waals surface area contributed by atoms with Gasteiger partial charge in [-0.15, -0.1) is 0 Å². The molecule has 0 aliphatic rings. The zero-order valence-electron chi connectivity index (χ0n) is 29.0. The predicted octanol–water partition coefficient (Wildman–Crippen LogP) is 12.6. The van der Waals surface area contributed by atoms with Crippen LogP contribution in [0.25, 0.3) is 78.4 Å². The quantitative estimate of drug-likeness (QED) is 0.169. The highest BCUT2D eigenvalue weighted by atomic mass is 16.3. The van der Waals surface area contributed by atoms with Crippen LogP contribution in [0.1, 0.15) is 29.5 Å². The average Bonchev–Trinajstić information content (AvgIpc) is 3.61. The van der Waals surface area contributed by atoms with E-state index in [1.807, 2.05) is 72.8 Å². The Bertz CT molecular complexity index is 2640. The van der Waals surface area contributed by atoms with Crippen LogP contribution >= 0.6 is 0 Å². The monoisotopic (exact) mass is 669 g/mol. The molecule has 1 atom stereocenters. The van der Waals surface area contributed by atoms with Crippen LogP contribution in [0, 0.1) is 6.92 Å². The van der Waals surface area contributed by atoms with E-state index < -0.39 is 0 Å². The van der Waals surface area contributed by atoms with Gasteiger partial charge in [0, 0.05) is 38.9 Å². The highest BCUT2D eigenvalue weighted by molar-refractivity contribution is 6.12. The van der Waals surface area contributed by atoms with Crippen LogP contribution in [0.15, 0.2) is 174 Å². The molecular weight excluding hydrogens is 635 g/mol. The number of aromatic nitrogens is 3. The Morgan fingerprint density at radius 2 is 1.00 bits per heavy atom. The lowest BCUT2D eigenvalue weighted by Crippen LogP contribution is -2.00. The fourth-order valence-electron chi connectivity index (χ4n) is 7.39. The van der Waals surface area contributed by atoms with Crippen molar-refractivity contribution in [1.29, 1.82) is 0 Å². The molecule has 0 amide bonds. The first-order valence-corrected chi connectivity index (χ1v) is 17.7. The van der Waals surface area contributed by atoms with E-state index >= 15 is 0 Å². The maximum Gasteiger partial charge on any atom is 0.164 e. The Labute approximate surface area is 303 Å². The fourth-order valence-corrected chi connectivity index (χ4v) is 7.39. The van der Waals surface area contributed by atoms with Gasteiger partial charge in [0.05, 0.1) is 0 Å². The van der Waals surface area contributed by atoms with Crippen LogP contribution < -0.4 is 0 Å². The second-order valence-electron chi connectivity index (χ2n) is 13.2. The van der Waals surface area contributed by atoms with Gasteiger partial charge >= 0.3 is 0 Å². The second kappa shape index (κ2) is 13.2. The van der Waals surface area contributed by atoms with Crippen LogP contribution in [0.4, 0.5) is 0 Å². The molecule has 2 heterocycles. The molecule has 52 heavy (non-hydrogen) atoms. The third-order valence-electron chi connectivity index (χ3n) is 10.0. The van der Waals surface area contributed by atoms with Crippen molar-refractivity contribution in [1.82, 2.24) is 15.0 Å². The molecule has 7 aromatic carbocycles. The first kappa shape index (κ1) is 31.3. The molecular formula is C48H35N3O. The number of furan rings is 1. The van der Waals surface area contributed by atoms with Crippen molar-refractivity contribution in [2.24, 2.45) is 0 Å². The summed E-state index contributed by atoms with van der Waals surface area (Å²) in [5, 5.41) is 2.04. The van der Waals surface area contributed by atoms with Gasteiger partial charge in [-0.05, 0) is 46.4 Å². The van der Waals surface area contributed by atoms with Gasteiger partial charge in [0.15, 0.2) is 17.5 Å². The van der Waals surface area contributed by atoms with E-state index in [0.29, 0.717) is 17.5 Å². The van der Waals surface area contributed by atoms with Gasteiger partial charge in [0.1, 0.15) is 11.2 Å². The Kier molecular flexibility index (Phi) is 7.98. The average molecular weight is 670 g/mol. The summed E-state index contributed by atoms with van der Waals surface area (Å²) in [6.07, 6.45) is 0. The molecule has 0 unspecified atom stereocenters. The van der Waals surface area contributed by atoms with Gasteiger partial charge in [-0.3, -0.25) is 0 Å². The lowest BCUT2D eigenvalue weighted by Gasteiger charge is -2.19. The molecule has 2 aromatic heterocycles. The van der Waals surface area contributed by atoms with E-state index in [1.165, 1.54) is 33.4 Å². The normalized spacial score (nSPS) is 12.0. The van der Waals surface area contributed by atoms with E-state index in [2.05, 4.69) is 111 Å². The standard InChI is InChI=1S/C48H35N3O/c1-31-30-36(33-16-6-3-7-17-33)28-29-37(31)40-23-13-12-22-38(40)32(2)39-24-14-25-41-44-42(26-15-27-43(44)52-45(39)41)48-50-46(34-18-8-4-9-19-34)49-47(51-48)35-20-10-5-11-21-35/h3-30,32H,1-2H3/t32-/m1/s1. The van der Waals surface area contributed by atoms with Gasteiger partial charge in [-0.1, -0.05) is 171 Å². The van der Waals surface area contributed by atoms with Crippen molar-refractivity contribution < 1.29 is 4.42 Å². The Hall–Kier alpha value is -6.65. The molecule has 0 aliphatic heterocycles. The summed E-state index contributed by atoms with van der Waals surface area (Å²) in [7, 11) is 0. The van der Waals surface area contributed by atoms with Crippen LogP contribution in [0.3, 0.4) is 0 Å². The molecule has 9 rings (SSSR count). The summed E-state index contributed by atoms with van der Waals surface area (Å²) >= 11 is 0. The van der Waals surface area contributed by atoms with Crippen molar-refractivity contribution in [2.45, 2.75) is 19.8 Å². The Morgan fingerprint density at radius 1 is 0.442 bits per heavy atom. The van der Waals surface area contributed by atoms with E-state index in [9.17, 15) is 0 Å². The van der Waals surface area contributed by atoms with Gasteiger partial charge in [-0.2, -0.15) is 0 Å². The number of aryl methyl sites for hydroxylation is 1. The van der Waals surface area contributed by atoms with Crippen molar-refractivity contribution in [3.05, 3.63) is 187 Å². The van der Waals surface area contributed by atoms with Crippen molar-refractivity contribution >= 4 is 21.9 Å². The summed E-state index contributed by atoms with van der Waals surface area (Å²) in [5.41, 5.74) is 13.0. The minimum Gasteiger partial charge on any atom is -0.456 e. The first-order chi connectivity index (χ1) is 25.6. The lowest BCUT2D eigenvalue weighted by molar-refractivity contribution is 0.659. The number of hydrogen-bond donors (Lipinski definition) is 0. The molecule has 248 valence electrons. The topological polar surface area (TPSA) is 51.8 Å².